The first-order valence-corrected chi connectivity index (χ1v) is 13.9. The van der Waals surface area contributed by atoms with Gasteiger partial charge in [-0.25, -0.2) is 4.39 Å². The molecule has 0 spiro atoms. The molecule has 7 heteroatoms. The third kappa shape index (κ3) is 6.89. The van der Waals surface area contributed by atoms with Crippen molar-refractivity contribution in [3.63, 3.8) is 0 Å². The van der Waals surface area contributed by atoms with Crippen molar-refractivity contribution in [2.24, 2.45) is 0 Å². The van der Waals surface area contributed by atoms with Crippen LogP contribution in [0.2, 0.25) is 0 Å². The topological polar surface area (TPSA) is 54.4 Å². The zero-order chi connectivity index (χ0) is 28.6. The molecule has 0 fully saturated rings. The molecule has 1 N–H and O–H groups in total. The van der Waals surface area contributed by atoms with E-state index in [-0.39, 0.29) is 17.5 Å². The molecule has 0 aliphatic heterocycles. The van der Waals surface area contributed by atoms with E-state index in [2.05, 4.69) is 29.4 Å². The molecule has 0 saturated heterocycles. The Kier molecular flexibility index (Phi) is 9.93. The van der Waals surface area contributed by atoms with Gasteiger partial charge in [0.25, 0.3) is 0 Å². The Bertz CT molecular complexity index is 1310. The van der Waals surface area contributed by atoms with Gasteiger partial charge in [-0.3, -0.25) is 4.90 Å². The Balaban J connectivity index is 1.58. The highest BCUT2D eigenvalue weighted by Crippen LogP contribution is 2.43. The van der Waals surface area contributed by atoms with E-state index in [4.69, 9.17) is 14.2 Å². The summed E-state index contributed by atoms with van der Waals surface area (Å²) in [6.07, 6.45) is 4.55. The minimum absolute atomic E-state index is 0.262. The second-order valence-corrected chi connectivity index (χ2v) is 10.3. The number of benzene rings is 3. The van der Waals surface area contributed by atoms with E-state index in [9.17, 15) is 5.11 Å². The molecule has 214 valence electrons. The summed E-state index contributed by atoms with van der Waals surface area (Å²) in [4.78, 5) is 4.32. The van der Waals surface area contributed by atoms with Gasteiger partial charge in [-0.05, 0) is 91.7 Å². The molecule has 0 amide bonds. The summed E-state index contributed by atoms with van der Waals surface area (Å²) in [5.74, 6) is 1.84. The third-order valence-electron chi connectivity index (χ3n) is 7.65. The lowest BCUT2D eigenvalue weighted by Gasteiger charge is -2.32. The summed E-state index contributed by atoms with van der Waals surface area (Å²) < 4.78 is 32.1. The number of fused-ring (bicyclic) bond motifs is 1. The van der Waals surface area contributed by atoms with Crippen LogP contribution >= 0.6 is 0 Å². The number of anilines is 1. The fraction of sp³-hybridized carbons (Fsp3) is 0.394. The van der Waals surface area contributed by atoms with Gasteiger partial charge in [0.2, 0.25) is 0 Å². The van der Waals surface area contributed by atoms with Crippen molar-refractivity contribution in [1.29, 1.82) is 0 Å². The number of hydrogen-bond donors (Lipinski definition) is 1. The van der Waals surface area contributed by atoms with Gasteiger partial charge in [-0.15, -0.1) is 6.58 Å². The number of halogens is 1. The zero-order valence-electron chi connectivity index (χ0n) is 24.1. The normalized spacial score (nSPS) is 14.5. The minimum atomic E-state index is -0.361. The molecule has 3 aromatic carbocycles. The molecule has 0 heterocycles. The largest absolute Gasteiger partial charge is 0.508 e. The molecule has 1 unspecified atom stereocenters. The van der Waals surface area contributed by atoms with Gasteiger partial charge in [-0.2, -0.15) is 0 Å². The first kappa shape index (κ1) is 29.3. The van der Waals surface area contributed by atoms with Crippen molar-refractivity contribution in [2.45, 2.75) is 38.6 Å². The van der Waals surface area contributed by atoms with Crippen LogP contribution in [0.5, 0.6) is 23.0 Å². The first-order chi connectivity index (χ1) is 19.4. The van der Waals surface area contributed by atoms with Crippen molar-refractivity contribution in [2.75, 3.05) is 52.4 Å². The second-order valence-electron chi connectivity index (χ2n) is 10.3. The molecule has 6 nitrogen and oxygen atoms in total. The number of phenolic OH excluding ortho intramolecular Hbond substituents is 1. The van der Waals surface area contributed by atoms with E-state index < -0.39 is 0 Å². The molecule has 0 bridgehead atoms. The summed E-state index contributed by atoms with van der Waals surface area (Å²) in [7, 11) is 5.27. The van der Waals surface area contributed by atoms with Gasteiger partial charge in [-0.1, -0.05) is 18.2 Å². The number of phenols is 1. The second kappa shape index (κ2) is 13.6. The number of aryl methyl sites for hydroxylation is 1. The predicted octanol–water partition coefficient (Wildman–Crippen LogP) is 6.34. The smallest absolute Gasteiger partial charge is 0.165 e. The molecule has 1 aliphatic carbocycles. The number of ether oxygens (including phenoxy) is 3. The standard InChI is InChI=1S/C33H41FN2O4/c1-6-14-35(3)15-16-40-31-13-8-23(17-29(31)34)22-36(7-2)30-21-33(39-5)32(38-4)20-28(30)26-10-9-25-19-27(37)12-11-24(25)18-26/h6,8,11-13,17,19-21,26,37H,1,7,9-10,14-16,18,22H2,2-5H3. The van der Waals surface area contributed by atoms with E-state index in [1.54, 1.807) is 32.4 Å². The number of hydrogen-bond acceptors (Lipinski definition) is 6. The van der Waals surface area contributed by atoms with E-state index in [0.717, 1.165) is 43.6 Å². The average molecular weight is 549 g/mol. The molecular formula is C33H41FN2O4. The van der Waals surface area contributed by atoms with Gasteiger partial charge in [0.15, 0.2) is 23.1 Å². The number of rotatable bonds is 13. The highest BCUT2D eigenvalue weighted by atomic mass is 19.1. The lowest BCUT2D eigenvalue weighted by Crippen LogP contribution is -2.25. The minimum Gasteiger partial charge on any atom is -0.508 e. The lowest BCUT2D eigenvalue weighted by molar-refractivity contribution is 0.242. The van der Waals surface area contributed by atoms with Gasteiger partial charge < -0.3 is 24.2 Å². The summed E-state index contributed by atoms with van der Waals surface area (Å²) in [5, 5.41) is 9.93. The van der Waals surface area contributed by atoms with Gasteiger partial charge >= 0.3 is 0 Å². The fourth-order valence-electron chi connectivity index (χ4n) is 5.46. The molecule has 4 rings (SSSR count). The van der Waals surface area contributed by atoms with Crippen LogP contribution in [0.3, 0.4) is 0 Å². The van der Waals surface area contributed by atoms with Crippen LogP contribution in [0.4, 0.5) is 10.1 Å². The summed E-state index contributed by atoms with van der Waals surface area (Å²) in [6.45, 7) is 8.96. The Hall–Kier alpha value is -3.71. The molecule has 0 radical (unpaired) electrons. The van der Waals surface area contributed by atoms with Crippen LogP contribution in [0.1, 0.15) is 41.5 Å². The molecule has 1 atom stereocenters. The molecule has 40 heavy (non-hydrogen) atoms. The van der Waals surface area contributed by atoms with Crippen LogP contribution in [0, 0.1) is 5.82 Å². The number of likely N-dealkylation sites (N-methyl/N-ethyl adjacent to an activating group) is 1. The van der Waals surface area contributed by atoms with E-state index in [1.807, 2.05) is 37.4 Å². The lowest BCUT2D eigenvalue weighted by atomic mass is 9.79. The average Bonchev–Trinajstić information content (AvgIpc) is 2.96. The Morgan fingerprint density at radius 1 is 1.02 bits per heavy atom. The predicted molar refractivity (Wildman–Crippen MR) is 159 cm³/mol. The van der Waals surface area contributed by atoms with Crippen molar-refractivity contribution in [1.82, 2.24) is 4.90 Å². The maximum Gasteiger partial charge on any atom is 0.165 e. The monoisotopic (exact) mass is 548 g/mol. The molecular weight excluding hydrogens is 507 g/mol. The fourth-order valence-corrected chi connectivity index (χ4v) is 5.46. The third-order valence-corrected chi connectivity index (χ3v) is 7.65. The summed E-state index contributed by atoms with van der Waals surface area (Å²) in [5.41, 5.74) is 5.56. The van der Waals surface area contributed by atoms with Gasteiger partial charge in [0.1, 0.15) is 12.4 Å². The van der Waals surface area contributed by atoms with E-state index in [1.165, 1.54) is 16.7 Å². The Labute approximate surface area is 237 Å². The Morgan fingerprint density at radius 2 is 1.80 bits per heavy atom. The maximum absolute atomic E-state index is 15.0. The van der Waals surface area contributed by atoms with Crippen molar-refractivity contribution in [3.05, 3.63) is 89.3 Å². The van der Waals surface area contributed by atoms with Crippen LogP contribution in [-0.4, -0.2) is 57.5 Å². The zero-order valence-corrected chi connectivity index (χ0v) is 24.1. The van der Waals surface area contributed by atoms with E-state index >= 15 is 4.39 Å². The van der Waals surface area contributed by atoms with Crippen LogP contribution in [0.15, 0.2) is 61.2 Å². The molecule has 3 aromatic rings. The van der Waals surface area contributed by atoms with Crippen LogP contribution in [-0.2, 0) is 19.4 Å². The molecule has 0 saturated carbocycles. The molecule has 1 aliphatic rings. The van der Waals surface area contributed by atoms with E-state index in [0.29, 0.717) is 36.9 Å². The molecule has 0 aromatic heterocycles. The Morgan fingerprint density at radius 3 is 2.50 bits per heavy atom. The van der Waals surface area contributed by atoms with Gasteiger partial charge in [0, 0.05) is 37.9 Å². The first-order valence-electron chi connectivity index (χ1n) is 13.9. The number of aromatic hydroxyl groups is 1. The van der Waals surface area contributed by atoms with Crippen LogP contribution in [0.25, 0.3) is 0 Å². The van der Waals surface area contributed by atoms with Gasteiger partial charge in [0.05, 0.1) is 14.2 Å². The summed E-state index contributed by atoms with van der Waals surface area (Å²) in [6, 6.07) is 15.0. The van der Waals surface area contributed by atoms with Crippen LogP contribution < -0.4 is 19.1 Å². The highest BCUT2D eigenvalue weighted by Gasteiger charge is 2.26. The van der Waals surface area contributed by atoms with Crippen molar-refractivity contribution < 1.29 is 23.7 Å². The number of nitrogens with zero attached hydrogens (tertiary/aromatic N) is 2. The quantitative estimate of drug-likeness (QED) is 0.252. The maximum atomic E-state index is 15.0. The van der Waals surface area contributed by atoms with Crippen molar-refractivity contribution >= 4 is 5.69 Å². The SMILES string of the molecule is C=CCN(C)CCOc1ccc(CN(CC)c2cc(OC)c(OC)cc2C2CCc3cc(O)ccc3C2)cc1F. The highest BCUT2D eigenvalue weighted by molar-refractivity contribution is 5.64. The van der Waals surface area contributed by atoms with Crippen molar-refractivity contribution in [3.8, 4) is 23.0 Å². The number of methoxy groups -OCH3 is 2. The summed E-state index contributed by atoms with van der Waals surface area (Å²) >= 11 is 0.